The van der Waals surface area contributed by atoms with Crippen molar-refractivity contribution in [3.63, 3.8) is 0 Å². The number of benzene rings is 2. The predicted octanol–water partition coefficient (Wildman–Crippen LogP) is 3.84. The molecule has 1 unspecified atom stereocenters. The average molecular weight is 387 g/mol. The molecule has 146 valence electrons. The highest BCUT2D eigenvalue weighted by Gasteiger charge is 2.28. The summed E-state index contributed by atoms with van der Waals surface area (Å²) in [7, 11) is 3.45. The molecule has 7 nitrogen and oxygen atoms in total. The molecule has 1 aromatic heterocycles. The third kappa shape index (κ3) is 3.45. The molecule has 7 heteroatoms. The monoisotopic (exact) mass is 387 g/mol. The lowest BCUT2D eigenvalue weighted by Crippen LogP contribution is -2.36. The van der Waals surface area contributed by atoms with Crippen LogP contribution in [0.1, 0.15) is 34.7 Å². The summed E-state index contributed by atoms with van der Waals surface area (Å²) in [4.78, 5) is 18.1. The number of fused-ring (bicyclic) bond motifs is 1. The number of carbonyl (C=O) groups is 1. The first-order valence-electron chi connectivity index (χ1n) is 9.42. The molecule has 0 bridgehead atoms. The van der Waals surface area contributed by atoms with E-state index in [1.807, 2.05) is 37.3 Å². The van der Waals surface area contributed by atoms with Crippen LogP contribution in [0.2, 0.25) is 0 Å². The van der Waals surface area contributed by atoms with Gasteiger partial charge < -0.3 is 14.7 Å². The van der Waals surface area contributed by atoms with Crippen LogP contribution >= 0.6 is 0 Å². The fraction of sp³-hybridized carbons (Fsp3) is 0.273. The zero-order valence-corrected chi connectivity index (χ0v) is 16.6. The summed E-state index contributed by atoms with van der Waals surface area (Å²) in [6.45, 7) is 1.89. The maximum atomic E-state index is 12.1. The Morgan fingerprint density at radius 1 is 1.31 bits per heavy atom. The van der Waals surface area contributed by atoms with E-state index < -0.39 is 0 Å². The number of hydrogen-bond donors (Lipinski definition) is 1. The van der Waals surface area contributed by atoms with Crippen molar-refractivity contribution in [2.45, 2.75) is 25.8 Å². The van der Waals surface area contributed by atoms with Crippen LogP contribution in [-0.2, 0) is 6.42 Å². The Hall–Kier alpha value is -3.66. The van der Waals surface area contributed by atoms with Crippen molar-refractivity contribution in [3.8, 4) is 28.9 Å². The molecule has 0 aliphatic heterocycles. The highest BCUT2D eigenvalue weighted by molar-refractivity contribution is 5.75. The quantitative estimate of drug-likeness (QED) is 0.737. The summed E-state index contributed by atoms with van der Waals surface area (Å²) in [5.74, 6) is 0.889. The van der Waals surface area contributed by atoms with Gasteiger partial charge in [-0.25, -0.2) is 4.79 Å². The summed E-state index contributed by atoms with van der Waals surface area (Å²) in [5, 5.41) is 16.5. The average Bonchev–Trinajstić information content (AvgIpc) is 3.36. The van der Waals surface area contributed by atoms with E-state index >= 15 is 0 Å². The Balaban J connectivity index is 1.66. The van der Waals surface area contributed by atoms with Gasteiger partial charge in [0.2, 0.25) is 5.82 Å². The van der Waals surface area contributed by atoms with Crippen molar-refractivity contribution in [1.29, 1.82) is 5.26 Å². The van der Waals surface area contributed by atoms with Crippen LogP contribution in [0.3, 0.4) is 0 Å². The number of nitrogens with zero attached hydrogens (tertiary/aromatic N) is 4. The molecule has 2 aromatic carbocycles. The number of nitrogens with one attached hydrogen (secondary N) is 1. The number of rotatable bonds is 3. The van der Waals surface area contributed by atoms with Gasteiger partial charge in [0, 0.05) is 25.2 Å². The van der Waals surface area contributed by atoms with Crippen molar-refractivity contribution < 1.29 is 9.32 Å². The van der Waals surface area contributed by atoms with E-state index in [0.29, 0.717) is 17.3 Å². The Bertz CT molecular complexity index is 1130. The molecule has 0 saturated heterocycles. The normalized spacial score (nSPS) is 14.9. The van der Waals surface area contributed by atoms with E-state index in [-0.39, 0.29) is 12.1 Å². The van der Waals surface area contributed by atoms with Gasteiger partial charge in [-0.1, -0.05) is 29.4 Å². The lowest BCUT2D eigenvalue weighted by atomic mass is 10.0. The molecule has 1 heterocycles. The van der Waals surface area contributed by atoms with Crippen LogP contribution in [0, 0.1) is 18.3 Å². The molecule has 1 aliphatic rings. The SMILES string of the molecule is Cc1ccc(-c2nc(-c3cccc4c3CCC4NC(=O)N(C)C)no2)cc1C#N. The van der Waals surface area contributed by atoms with Gasteiger partial charge in [0.1, 0.15) is 0 Å². The van der Waals surface area contributed by atoms with Gasteiger partial charge in [-0.05, 0) is 48.6 Å². The zero-order chi connectivity index (χ0) is 20.5. The topological polar surface area (TPSA) is 95.1 Å². The molecule has 0 radical (unpaired) electrons. The maximum Gasteiger partial charge on any atom is 0.317 e. The third-order valence-corrected chi connectivity index (χ3v) is 5.25. The minimum absolute atomic E-state index is 0.0264. The molecule has 1 aliphatic carbocycles. The van der Waals surface area contributed by atoms with Crippen LogP contribution in [0.5, 0.6) is 0 Å². The number of aromatic nitrogens is 2. The molecule has 29 heavy (non-hydrogen) atoms. The standard InChI is InChI=1S/C22H21N5O2/c1-13-7-8-14(11-15(13)12-23)21-25-20(26-29-21)18-6-4-5-17-16(18)9-10-19(17)24-22(28)27(2)3/h4-8,11,19H,9-10H2,1-3H3,(H,24,28). The number of amides is 2. The van der Waals surface area contributed by atoms with Crippen molar-refractivity contribution in [1.82, 2.24) is 20.4 Å². The van der Waals surface area contributed by atoms with Crippen molar-refractivity contribution in [2.75, 3.05) is 14.1 Å². The second kappa shape index (κ2) is 7.40. The Kier molecular flexibility index (Phi) is 4.77. The van der Waals surface area contributed by atoms with Crippen LogP contribution in [-0.4, -0.2) is 35.2 Å². The van der Waals surface area contributed by atoms with Gasteiger partial charge >= 0.3 is 6.03 Å². The molecular weight excluding hydrogens is 366 g/mol. The first-order valence-corrected chi connectivity index (χ1v) is 9.42. The number of aryl methyl sites for hydroxylation is 1. The van der Waals surface area contributed by atoms with Crippen LogP contribution in [0.4, 0.5) is 4.79 Å². The number of carbonyl (C=O) groups excluding carboxylic acids is 1. The minimum atomic E-state index is -0.109. The van der Waals surface area contributed by atoms with Gasteiger partial charge in [-0.15, -0.1) is 0 Å². The lowest BCUT2D eigenvalue weighted by Gasteiger charge is -2.18. The lowest BCUT2D eigenvalue weighted by molar-refractivity contribution is 0.213. The molecule has 0 fully saturated rings. The number of nitriles is 1. The van der Waals surface area contributed by atoms with Gasteiger partial charge in [-0.2, -0.15) is 10.2 Å². The second-order valence-electron chi connectivity index (χ2n) is 7.37. The van der Waals surface area contributed by atoms with Crippen molar-refractivity contribution >= 4 is 6.03 Å². The second-order valence-corrected chi connectivity index (χ2v) is 7.37. The third-order valence-electron chi connectivity index (χ3n) is 5.25. The van der Waals surface area contributed by atoms with Crippen LogP contribution in [0.25, 0.3) is 22.8 Å². The van der Waals surface area contributed by atoms with Crippen LogP contribution < -0.4 is 5.32 Å². The Morgan fingerprint density at radius 2 is 2.14 bits per heavy atom. The van der Waals surface area contributed by atoms with E-state index in [4.69, 9.17) is 4.52 Å². The zero-order valence-electron chi connectivity index (χ0n) is 16.6. The highest BCUT2D eigenvalue weighted by atomic mass is 16.5. The van der Waals surface area contributed by atoms with Gasteiger partial charge in [0.25, 0.3) is 5.89 Å². The fourth-order valence-electron chi connectivity index (χ4n) is 3.62. The summed E-state index contributed by atoms with van der Waals surface area (Å²) in [6, 6.07) is 13.5. The molecule has 3 aromatic rings. The van der Waals surface area contributed by atoms with Crippen LogP contribution in [0.15, 0.2) is 40.9 Å². The molecule has 4 rings (SSSR count). The van der Waals surface area contributed by atoms with E-state index in [1.54, 1.807) is 20.2 Å². The molecule has 0 saturated carbocycles. The highest BCUT2D eigenvalue weighted by Crippen LogP contribution is 2.37. The first kappa shape index (κ1) is 18.7. The van der Waals surface area contributed by atoms with Gasteiger partial charge in [0.05, 0.1) is 17.7 Å². The first-order chi connectivity index (χ1) is 14.0. The van der Waals surface area contributed by atoms with E-state index in [0.717, 1.165) is 40.7 Å². The van der Waals surface area contributed by atoms with Crippen molar-refractivity contribution in [2.24, 2.45) is 0 Å². The number of urea groups is 1. The molecule has 2 amide bonds. The largest absolute Gasteiger partial charge is 0.334 e. The van der Waals surface area contributed by atoms with Crippen molar-refractivity contribution in [3.05, 3.63) is 58.7 Å². The molecular formula is C22H21N5O2. The maximum absolute atomic E-state index is 12.1. The summed E-state index contributed by atoms with van der Waals surface area (Å²) in [6.07, 6.45) is 1.66. The van der Waals surface area contributed by atoms with E-state index in [2.05, 4.69) is 21.5 Å². The number of hydrogen-bond acceptors (Lipinski definition) is 5. The predicted molar refractivity (Wildman–Crippen MR) is 108 cm³/mol. The van der Waals surface area contributed by atoms with E-state index in [9.17, 15) is 10.1 Å². The molecule has 0 spiro atoms. The molecule has 1 N–H and O–H groups in total. The van der Waals surface area contributed by atoms with Gasteiger partial charge in [-0.3, -0.25) is 0 Å². The summed E-state index contributed by atoms with van der Waals surface area (Å²) >= 11 is 0. The van der Waals surface area contributed by atoms with Gasteiger partial charge in [0.15, 0.2) is 0 Å². The Labute approximate surface area is 169 Å². The smallest absolute Gasteiger partial charge is 0.317 e. The Morgan fingerprint density at radius 3 is 2.90 bits per heavy atom. The van der Waals surface area contributed by atoms with E-state index in [1.165, 1.54) is 4.90 Å². The summed E-state index contributed by atoms with van der Waals surface area (Å²) in [5.41, 5.74) is 5.34. The summed E-state index contributed by atoms with van der Waals surface area (Å²) < 4.78 is 5.48. The minimum Gasteiger partial charge on any atom is -0.334 e. The molecule has 1 atom stereocenters. The fourth-order valence-corrected chi connectivity index (χ4v) is 3.62.